The molecule has 1 aromatic heterocycles. The summed E-state index contributed by atoms with van der Waals surface area (Å²) in [5, 5.41) is 5.89. The largest absolute Gasteiger partial charge is 0.495 e. The van der Waals surface area contributed by atoms with E-state index in [0.717, 1.165) is 31.3 Å². The molecule has 0 radical (unpaired) electrons. The third kappa shape index (κ3) is 3.86. The molecule has 5 aromatic rings. The summed E-state index contributed by atoms with van der Waals surface area (Å²) in [4.78, 5) is 12.7. The molecule has 0 amide bonds. The first-order valence-electron chi connectivity index (χ1n) is 11.7. The van der Waals surface area contributed by atoms with E-state index in [1.54, 1.807) is 20.1 Å². The molecule has 0 saturated heterocycles. The van der Waals surface area contributed by atoms with E-state index in [2.05, 4.69) is 63.7 Å². The maximum absolute atomic E-state index is 12.7. The van der Waals surface area contributed by atoms with Gasteiger partial charge in [0.1, 0.15) is 20.6 Å². The Morgan fingerprint density at radius 1 is 0.833 bits per heavy atom. The molecule has 180 valence electrons. The summed E-state index contributed by atoms with van der Waals surface area (Å²) < 4.78 is 13.9. The van der Waals surface area contributed by atoms with Crippen LogP contribution in [0.5, 0.6) is 5.75 Å². The van der Waals surface area contributed by atoms with Crippen molar-refractivity contribution in [2.75, 3.05) is 13.7 Å². The Morgan fingerprint density at radius 2 is 1.33 bits per heavy atom. The third-order valence-electron chi connectivity index (χ3n) is 6.35. The van der Waals surface area contributed by atoms with Crippen LogP contribution in [0.3, 0.4) is 0 Å². The van der Waals surface area contributed by atoms with Gasteiger partial charge in [0.25, 0.3) is 0 Å². The van der Waals surface area contributed by atoms with Crippen LogP contribution in [0.2, 0.25) is 0 Å². The number of fused-ring (bicyclic) bond motifs is 1. The number of nitrogens with zero attached hydrogens (tertiary/aromatic N) is 2. The highest BCUT2D eigenvalue weighted by molar-refractivity contribution is 14.1. The number of carbonyl (C=O) groups is 1. The van der Waals surface area contributed by atoms with Gasteiger partial charge in [0.15, 0.2) is 0 Å². The molecule has 0 N–H and O–H groups in total. The number of hydrogen-bond donors (Lipinski definition) is 0. The van der Waals surface area contributed by atoms with Gasteiger partial charge in [0.2, 0.25) is 0 Å². The summed E-state index contributed by atoms with van der Waals surface area (Å²) >= 11 is 2.22. The second-order valence-corrected chi connectivity index (χ2v) is 9.29. The molecule has 0 aliphatic carbocycles. The Labute approximate surface area is 223 Å². The highest BCUT2D eigenvalue weighted by Gasteiger charge is 2.41. The summed E-state index contributed by atoms with van der Waals surface area (Å²) in [5.41, 5.74) is 3.65. The predicted molar refractivity (Wildman–Crippen MR) is 150 cm³/mol. The molecule has 0 spiro atoms. The molecule has 0 bridgehead atoms. The van der Waals surface area contributed by atoms with Crippen LogP contribution in [-0.2, 0) is 10.3 Å². The Morgan fingerprint density at radius 3 is 1.78 bits per heavy atom. The van der Waals surface area contributed by atoms with Crippen molar-refractivity contribution in [2.45, 2.75) is 12.5 Å². The Bertz CT molecular complexity index is 1400. The molecule has 0 fully saturated rings. The Kier molecular flexibility index (Phi) is 6.78. The fourth-order valence-corrected chi connectivity index (χ4v) is 5.62. The molecule has 36 heavy (non-hydrogen) atoms. The van der Waals surface area contributed by atoms with Crippen molar-refractivity contribution < 1.29 is 14.3 Å². The first-order valence-corrected chi connectivity index (χ1v) is 12.8. The second kappa shape index (κ2) is 10.1. The molecular weight excluding hydrogens is 563 g/mol. The van der Waals surface area contributed by atoms with Crippen molar-refractivity contribution in [3.63, 3.8) is 0 Å². The van der Waals surface area contributed by atoms with E-state index in [-0.39, 0.29) is 6.61 Å². The van der Waals surface area contributed by atoms with Gasteiger partial charge in [-0.1, -0.05) is 91.0 Å². The molecule has 5 rings (SSSR count). The van der Waals surface area contributed by atoms with Crippen LogP contribution in [0.4, 0.5) is 0 Å². The van der Waals surface area contributed by atoms with Crippen LogP contribution in [0, 0.1) is 3.70 Å². The van der Waals surface area contributed by atoms with Crippen molar-refractivity contribution in [3.05, 3.63) is 129 Å². The van der Waals surface area contributed by atoms with Crippen LogP contribution < -0.4 is 4.74 Å². The number of benzene rings is 4. The molecule has 0 aliphatic rings. The van der Waals surface area contributed by atoms with Crippen LogP contribution in [0.1, 0.15) is 34.0 Å². The molecule has 0 saturated carbocycles. The van der Waals surface area contributed by atoms with Gasteiger partial charge in [-0.3, -0.25) is 0 Å². The molecule has 6 heteroatoms. The second-order valence-electron chi connectivity index (χ2n) is 8.27. The van der Waals surface area contributed by atoms with E-state index < -0.39 is 11.5 Å². The van der Waals surface area contributed by atoms with Gasteiger partial charge in [0.05, 0.1) is 24.6 Å². The first-order chi connectivity index (χ1) is 17.6. The number of ether oxygens (including phenoxy) is 2. The highest BCUT2D eigenvalue weighted by Crippen LogP contribution is 2.44. The van der Waals surface area contributed by atoms with Crippen molar-refractivity contribution in [3.8, 4) is 5.75 Å². The van der Waals surface area contributed by atoms with E-state index in [0.29, 0.717) is 11.3 Å². The molecule has 0 unspecified atom stereocenters. The lowest BCUT2D eigenvalue weighted by molar-refractivity contribution is 0.0523. The highest BCUT2D eigenvalue weighted by atomic mass is 127. The number of esters is 1. The van der Waals surface area contributed by atoms with Crippen molar-refractivity contribution in [1.82, 2.24) is 9.78 Å². The monoisotopic (exact) mass is 588 g/mol. The van der Waals surface area contributed by atoms with E-state index >= 15 is 0 Å². The van der Waals surface area contributed by atoms with Gasteiger partial charge in [-0.2, -0.15) is 5.10 Å². The van der Waals surface area contributed by atoms with Gasteiger partial charge in [-0.05, 0) is 58.3 Å². The molecule has 4 aromatic carbocycles. The van der Waals surface area contributed by atoms with Gasteiger partial charge in [-0.15, -0.1) is 0 Å². The van der Waals surface area contributed by atoms with Crippen molar-refractivity contribution in [2.24, 2.45) is 0 Å². The average molecular weight is 588 g/mol. The summed E-state index contributed by atoms with van der Waals surface area (Å²) in [6.07, 6.45) is 0. The normalized spacial score (nSPS) is 11.4. The summed E-state index contributed by atoms with van der Waals surface area (Å²) in [6.45, 7) is 2.08. The Hall–Kier alpha value is -3.65. The number of methoxy groups -OCH3 is 1. The maximum Gasteiger partial charge on any atom is 0.341 e. The van der Waals surface area contributed by atoms with Crippen molar-refractivity contribution in [1.29, 1.82) is 0 Å². The van der Waals surface area contributed by atoms with E-state index in [4.69, 9.17) is 14.6 Å². The fourth-order valence-electron chi connectivity index (χ4n) is 4.88. The molecule has 0 atom stereocenters. The number of carbonyl (C=O) groups excluding carboxylic acids is 1. The van der Waals surface area contributed by atoms with E-state index in [1.165, 1.54) is 0 Å². The fraction of sp³-hybridized carbons (Fsp3) is 0.133. The standard InChI is InChI=1S/C30H25IN2O3/c1-3-36-29(34)24-19-20-25-26(27(24)35-2)28(31)32-33(25)30(21-13-7-4-8-14-21,22-15-9-5-10-16-22)23-17-11-6-12-18-23/h4-20H,3H2,1-2H3. The van der Waals surface area contributed by atoms with Crippen molar-refractivity contribution >= 4 is 39.5 Å². The third-order valence-corrected chi connectivity index (χ3v) is 7.10. The van der Waals surface area contributed by atoms with E-state index in [9.17, 15) is 4.79 Å². The quantitative estimate of drug-likeness (QED) is 0.121. The number of rotatable bonds is 7. The number of aromatic nitrogens is 2. The van der Waals surface area contributed by atoms with Gasteiger partial charge in [-0.25, -0.2) is 9.48 Å². The SMILES string of the molecule is CCOC(=O)c1ccc2c(c(I)nn2C(c2ccccc2)(c2ccccc2)c2ccccc2)c1OC. The maximum atomic E-state index is 12.7. The minimum atomic E-state index is -0.776. The summed E-state index contributed by atoms with van der Waals surface area (Å²) in [7, 11) is 1.57. The summed E-state index contributed by atoms with van der Waals surface area (Å²) in [5.74, 6) is 0.0462. The number of hydrogen-bond acceptors (Lipinski definition) is 4. The molecule has 1 heterocycles. The van der Waals surface area contributed by atoms with Crippen LogP contribution in [-0.4, -0.2) is 29.5 Å². The molecule has 0 aliphatic heterocycles. The number of halogens is 1. The van der Waals surface area contributed by atoms with Crippen LogP contribution in [0.15, 0.2) is 103 Å². The lowest BCUT2D eigenvalue weighted by Crippen LogP contribution is -2.38. The predicted octanol–water partition coefficient (Wildman–Crippen LogP) is 6.67. The molecule has 5 nitrogen and oxygen atoms in total. The van der Waals surface area contributed by atoms with Gasteiger partial charge >= 0.3 is 5.97 Å². The minimum absolute atomic E-state index is 0.287. The van der Waals surface area contributed by atoms with Crippen LogP contribution in [0.25, 0.3) is 10.9 Å². The zero-order valence-corrected chi connectivity index (χ0v) is 22.2. The van der Waals surface area contributed by atoms with Crippen LogP contribution >= 0.6 is 22.6 Å². The minimum Gasteiger partial charge on any atom is -0.495 e. The average Bonchev–Trinajstić information content (AvgIpc) is 3.27. The smallest absolute Gasteiger partial charge is 0.341 e. The topological polar surface area (TPSA) is 53.3 Å². The Balaban J connectivity index is 1.93. The first kappa shape index (κ1) is 24.1. The zero-order valence-electron chi connectivity index (χ0n) is 20.0. The van der Waals surface area contributed by atoms with Gasteiger partial charge < -0.3 is 9.47 Å². The molecular formula is C30H25IN2O3. The lowest BCUT2D eigenvalue weighted by atomic mass is 9.77. The summed E-state index contributed by atoms with van der Waals surface area (Å²) in [6, 6.07) is 34.8. The van der Waals surface area contributed by atoms with E-state index in [1.807, 2.05) is 60.7 Å². The van der Waals surface area contributed by atoms with Gasteiger partial charge in [0, 0.05) is 0 Å². The zero-order chi connectivity index (χ0) is 25.1. The lowest BCUT2D eigenvalue weighted by Gasteiger charge is -2.37.